The number of nitrogens with one attached hydrogen (secondary N) is 2. The van der Waals surface area contributed by atoms with Crippen LogP contribution in [0.4, 0.5) is 0 Å². The van der Waals surface area contributed by atoms with Crippen LogP contribution in [0.1, 0.15) is 71.4 Å². The van der Waals surface area contributed by atoms with Crippen LogP contribution in [0.15, 0.2) is 24.3 Å². The second-order valence-electron chi connectivity index (χ2n) is 8.28. The Balaban J connectivity index is 1.93. The van der Waals surface area contributed by atoms with Crippen molar-refractivity contribution < 1.29 is 0 Å². The molecule has 1 aliphatic rings. The fraction of sp³-hybridized carbons (Fsp3) is 0.684. The highest BCUT2D eigenvalue weighted by atomic mass is 15.1. The molecule has 0 aliphatic carbocycles. The molecule has 1 aromatic rings. The van der Waals surface area contributed by atoms with Gasteiger partial charge < -0.3 is 10.6 Å². The molecule has 21 heavy (non-hydrogen) atoms. The zero-order chi connectivity index (χ0) is 15.7. The molecule has 1 aliphatic heterocycles. The van der Waals surface area contributed by atoms with Gasteiger partial charge in [0.05, 0.1) is 0 Å². The first kappa shape index (κ1) is 16.5. The van der Waals surface area contributed by atoms with Crippen molar-refractivity contribution in [2.75, 3.05) is 0 Å². The van der Waals surface area contributed by atoms with Gasteiger partial charge in [-0.25, -0.2) is 0 Å². The lowest BCUT2D eigenvalue weighted by atomic mass is 9.79. The van der Waals surface area contributed by atoms with Gasteiger partial charge in [-0.05, 0) is 57.6 Å². The molecule has 2 rings (SSSR count). The topological polar surface area (TPSA) is 24.1 Å². The molecule has 1 heterocycles. The standard InChI is InChI=1S/C19H32N2/c1-14(2)16-9-7-15(8-10-16)13-20-17-11-18(3,4)21-19(5,6)12-17/h7-10,14,17,20-21H,11-13H2,1-6H3. The normalized spacial score (nSPS) is 21.7. The van der Waals surface area contributed by atoms with Gasteiger partial charge in [0, 0.05) is 23.7 Å². The molecule has 0 saturated carbocycles. The van der Waals surface area contributed by atoms with E-state index in [4.69, 9.17) is 0 Å². The first-order valence-electron chi connectivity index (χ1n) is 8.28. The van der Waals surface area contributed by atoms with Crippen molar-refractivity contribution in [2.24, 2.45) is 0 Å². The van der Waals surface area contributed by atoms with E-state index >= 15 is 0 Å². The van der Waals surface area contributed by atoms with E-state index < -0.39 is 0 Å². The van der Waals surface area contributed by atoms with Crippen molar-refractivity contribution in [3.63, 3.8) is 0 Å². The highest BCUT2D eigenvalue weighted by Crippen LogP contribution is 2.28. The Morgan fingerprint density at radius 2 is 1.57 bits per heavy atom. The van der Waals surface area contributed by atoms with Crippen LogP contribution < -0.4 is 10.6 Å². The second kappa shape index (κ2) is 6.10. The molecule has 0 radical (unpaired) electrons. The smallest absolute Gasteiger partial charge is 0.0208 e. The Morgan fingerprint density at radius 3 is 2.05 bits per heavy atom. The minimum absolute atomic E-state index is 0.209. The minimum Gasteiger partial charge on any atom is -0.310 e. The predicted octanol–water partition coefficient (Wildman–Crippen LogP) is 4.21. The molecule has 0 amide bonds. The maximum atomic E-state index is 3.76. The molecule has 1 saturated heterocycles. The summed E-state index contributed by atoms with van der Waals surface area (Å²) in [5.74, 6) is 0.609. The summed E-state index contributed by atoms with van der Waals surface area (Å²) in [4.78, 5) is 0. The summed E-state index contributed by atoms with van der Waals surface area (Å²) >= 11 is 0. The SMILES string of the molecule is CC(C)c1ccc(CNC2CC(C)(C)NC(C)(C)C2)cc1. The van der Waals surface area contributed by atoms with Crippen molar-refractivity contribution in [1.29, 1.82) is 0 Å². The molecule has 2 N–H and O–H groups in total. The fourth-order valence-electron chi connectivity index (χ4n) is 3.75. The summed E-state index contributed by atoms with van der Waals surface area (Å²) in [5, 5.41) is 7.50. The largest absolute Gasteiger partial charge is 0.310 e. The van der Waals surface area contributed by atoms with Gasteiger partial charge >= 0.3 is 0 Å². The van der Waals surface area contributed by atoms with Gasteiger partial charge in [-0.1, -0.05) is 38.1 Å². The first-order chi connectivity index (χ1) is 9.67. The zero-order valence-electron chi connectivity index (χ0n) is 14.6. The van der Waals surface area contributed by atoms with E-state index in [1.807, 2.05) is 0 Å². The van der Waals surface area contributed by atoms with Gasteiger partial charge in [0.1, 0.15) is 0 Å². The zero-order valence-corrected chi connectivity index (χ0v) is 14.6. The molecular weight excluding hydrogens is 256 g/mol. The Kier molecular flexibility index (Phi) is 4.79. The molecule has 2 heteroatoms. The van der Waals surface area contributed by atoms with Crippen LogP contribution >= 0.6 is 0 Å². The lowest BCUT2D eigenvalue weighted by Crippen LogP contribution is -2.61. The van der Waals surface area contributed by atoms with Gasteiger partial charge in [-0.3, -0.25) is 0 Å². The maximum absolute atomic E-state index is 3.76. The van der Waals surface area contributed by atoms with E-state index in [9.17, 15) is 0 Å². The Labute approximate surface area is 130 Å². The number of hydrogen-bond donors (Lipinski definition) is 2. The summed E-state index contributed by atoms with van der Waals surface area (Å²) in [5.41, 5.74) is 3.22. The molecule has 0 spiro atoms. The van der Waals surface area contributed by atoms with Gasteiger partial charge in [-0.15, -0.1) is 0 Å². The molecule has 0 atom stereocenters. The van der Waals surface area contributed by atoms with Crippen LogP contribution in [0.5, 0.6) is 0 Å². The highest BCUT2D eigenvalue weighted by molar-refractivity contribution is 5.24. The fourth-order valence-corrected chi connectivity index (χ4v) is 3.75. The monoisotopic (exact) mass is 288 g/mol. The van der Waals surface area contributed by atoms with Crippen LogP contribution in [0.25, 0.3) is 0 Å². The van der Waals surface area contributed by atoms with E-state index in [-0.39, 0.29) is 11.1 Å². The Morgan fingerprint density at radius 1 is 1.05 bits per heavy atom. The van der Waals surface area contributed by atoms with Gasteiger partial charge in [-0.2, -0.15) is 0 Å². The van der Waals surface area contributed by atoms with Crippen molar-refractivity contribution in [3.8, 4) is 0 Å². The molecular formula is C19H32N2. The number of hydrogen-bond acceptors (Lipinski definition) is 2. The molecule has 2 nitrogen and oxygen atoms in total. The molecule has 0 bridgehead atoms. The predicted molar refractivity (Wildman–Crippen MR) is 91.7 cm³/mol. The van der Waals surface area contributed by atoms with Crippen molar-refractivity contribution >= 4 is 0 Å². The van der Waals surface area contributed by atoms with Crippen molar-refractivity contribution in [1.82, 2.24) is 10.6 Å². The van der Waals surface area contributed by atoms with Gasteiger partial charge in [0.25, 0.3) is 0 Å². The van der Waals surface area contributed by atoms with Crippen LogP contribution in [-0.2, 0) is 6.54 Å². The Hall–Kier alpha value is -0.860. The van der Waals surface area contributed by atoms with Crippen molar-refractivity contribution in [2.45, 2.75) is 84.0 Å². The van der Waals surface area contributed by atoms with Crippen LogP contribution in [-0.4, -0.2) is 17.1 Å². The number of benzene rings is 1. The Bertz CT molecular complexity index is 441. The molecule has 0 unspecified atom stereocenters. The van der Waals surface area contributed by atoms with Crippen molar-refractivity contribution in [3.05, 3.63) is 35.4 Å². The van der Waals surface area contributed by atoms with Gasteiger partial charge in [0.2, 0.25) is 0 Å². The average molecular weight is 288 g/mol. The second-order valence-corrected chi connectivity index (χ2v) is 8.28. The third kappa shape index (κ3) is 4.82. The number of rotatable bonds is 4. The summed E-state index contributed by atoms with van der Waals surface area (Å²) in [6.45, 7) is 14.7. The van der Waals surface area contributed by atoms with Crippen LogP contribution in [0.3, 0.4) is 0 Å². The summed E-state index contributed by atoms with van der Waals surface area (Å²) in [6.07, 6.45) is 2.36. The van der Waals surface area contributed by atoms with E-state index in [1.54, 1.807) is 0 Å². The van der Waals surface area contributed by atoms with E-state index in [2.05, 4.69) is 76.4 Å². The van der Waals surface area contributed by atoms with E-state index in [0.29, 0.717) is 12.0 Å². The van der Waals surface area contributed by atoms with Crippen LogP contribution in [0, 0.1) is 0 Å². The summed E-state index contributed by atoms with van der Waals surface area (Å²) < 4.78 is 0. The summed E-state index contributed by atoms with van der Waals surface area (Å²) in [7, 11) is 0. The maximum Gasteiger partial charge on any atom is 0.0208 e. The third-order valence-corrected chi connectivity index (χ3v) is 4.43. The molecule has 0 aromatic heterocycles. The molecule has 118 valence electrons. The lowest BCUT2D eigenvalue weighted by molar-refractivity contribution is 0.145. The minimum atomic E-state index is 0.209. The average Bonchev–Trinajstić information content (AvgIpc) is 2.33. The quantitative estimate of drug-likeness (QED) is 0.867. The van der Waals surface area contributed by atoms with Crippen LogP contribution in [0.2, 0.25) is 0 Å². The summed E-state index contributed by atoms with van der Waals surface area (Å²) in [6, 6.07) is 9.64. The van der Waals surface area contributed by atoms with E-state index in [1.165, 1.54) is 24.0 Å². The van der Waals surface area contributed by atoms with Gasteiger partial charge in [0.15, 0.2) is 0 Å². The lowest BCUT2D eigenvalue weighted by Gasteiger charge is -2.46. The molecule has 1 aromatic carbocycles. The highest BCUT2D eigenvalue weighted by Gasteiger charge is 2.37. The van der Waals surface area contributed by atoms with E-state index in [0.717, 1.165) is 6.54 Å². The third-order valence-electron chi connectivity index (χ3n) is 4.43. The molecule has 1 fully saturated rings. The first-order valence-corrected chi connectivity index (χ1v) is 8.28. The number of piperidine rings is 1.